The molecule has 2 unspecified atom stereocenters. The highest BCUT2D eigenvalue weighted by molar-refractivity contribution is 7.88. The summed E-state index contributed by atoms with van der Waals surface area (Å²) in [5, 5.41) is 3.94. The smallest absolute Gasteiger partial charge is 0.216 e. The van der Waals surface area contributed by atoms with E-state index in [0.717, 1.165) is 13.0 Å². The summed E-state index contributed by atoms with van der Waals surface area (Å²) in [4.78, 5) is 0. The topological polar surface area (TPSA) is 58.2 Å². The third kappa shape index (κ3) is 5.27. The van der Waals surface area contributed by atoms with E-state index in [4.69, 9.17) is 23.2 Å². The number of nitrogens with one attached hydrogen (secondary N) is 2. The highest BCUT2D eigenvalue weighted by atomic mass is 35.5. The molecular formula is C13H19Cl3N2O2S. The first-order valence-corrected chi connectivity index (χ1v) is 8.93. The van der Waals surface area contributed by atoms with Crippen LogP contribution in [0.5, 0.6) is 0 Å². The summed E-state index contributed by atoms with van der Waals surface area (Å²) in [6, 6.07) is 4.89. The number of hydrogen-bond donors (Lipinski definition) is 2. The lowest BCUT2D eigenvalue weighted by Gasteiger charge is -2.30. The molecule has 1 aliphatic heterocycles. The first kappa shape index (κ1) is 19.0. The van der Waals surface area contributed by atoms with Gasteiger partial charge < -0.3 is 5.32 Å². The molecule has 2 rings (SSSR count). The van der Waals surface area contributed by atoms with Crippen molar-refractivity contribution in [2.45, 2.75) is 25.1 Å². The van der Waals surface area contributed by atoms with Crippen molar-refractivity contribution in [2.75, 3.05) is 13.1 Å². The van der Waals surface area contributed by atoms with Crippen LogP contribution in [-0.2, 0) is 15.8 Å². The molecule has 0 bridgehead atoms. The number of benzene rings is 1. The molecule has 0 radical (unpaired) electrons. The number of rotatable bonds is 4. The van der Waals surface area contributed by atoms with Crippen LogP contribution >= 0.6 is 35.6 Å². The summed E-state index contributed by atoms with van der Waals surface area (Å²) in [6.45, 7) is 3.63. The zero-order chi connectivity index (χ0) is 14.8. The quantitative estimate of drug-likeness (QED) is 0.853. The zero-order valence-electron chi connectivity index (χ0n) is 11.6. The van der Waals surface area contributed by atoms with Gasteiger partial charge in [0.2, 0.25) is 10.0 Å². The number of hydrogen-bond acceptors (Lipinski definition) is 3. The Bertz CT molecular complexity index is 561. The maximum absolute atomic E-state index is 12.3. The molecule has 2 N–H and O–H groups in total. The molecule has 120 valence electrons. The van der Waals surface area contributed by atoms with Gasteiger partial charge in [-0.2, -0.15) is 0 Å². The Morgan fingerprint density at radius 2 is 1.95 bits per heavy atom. The monoisotopic (exact) mass is 372 g/mol. The molecule has 0 aliphatic carbocycles. The Balaban J connectivity index is 0.00000220. The summed E-state index contributed by atoms with van der Waals surface area (Å²) in [5.74, 6) is 0.113. The van der Waals surface area contributed by atoms with E-state index in [2.05, 4.69) is 17.0 Å². The second-order valence-corrected chi connectivity index (χ2v) is 7.72. The van der Waals surface area contributed by atoms with E-state index in [0.29, 0.717) is 28.1 Å². The second-order valence-electron chi connectivity index (χ2n) is 5.15. The van der Waals surface area contributed by atoms with Gasteiger partial charge in [0.25, 0.3) is 0 Å². The molecular weight excluding hydrogens is 355 g/mol. The molecule has 1 fully saturated rings. The van der Waals surface area contributed by atoms with Gasteiger partial charge >= 0.3 is 0 Å². The van der Waals surface area contributed by atoms with Gasteiger partial charge in [0.15, 0.2) is 0 Å². The number of sulfonamides is 1. The normalized spacial score (nSPS) is 22.6. The SMILES string of the molecule is CC1CCNCC1NS(=O)(=O)Cc1c(Cl)cccc1Cl.Cl. The molecule has 1 aromatic carbocycles. The molecule has 1 aromatic rings. The predicted octanol–water partition coefficient (Wildman–Crippen LogP) is 2.83. The van der Waals surface area contributed by atoms with Crippen molar-refractivity contribution in [1.82, 2.24) is 10.0 Å². The van der Waals surface area contributed by atoms with Crippen LogP contribution in [0.3, 0.4) is 0 Å². The van der Waals surface area contributed by atoms with Gasteiger partial charge in [-0.1, -0.05) is 36.2 Å². The second kappa shape index (κ2) is 7.99. The van der Waals surface area contributed by atoms with Crippen LogP contribution in [0.2, 0.25) is 10.0 Å². The minimum absolute atomic E-state index is 0. The molecule has 1 saturated heterocycles. The van der Waals surface area contributed by atoms with Crippen molar-refractivity contribution < 1.29 is 8.42 Å². The zero-order valence-corrected chi connectivity index (χ0v) is 14.7. The predicted molar refractivity (Wildman–Crippen MR) is 89.9 cm³/mol. The Hall–Kier alpha value is -0.0400. The largest absolute Gasteiger partial charge is 0.315 e. The maximum atomic E-state index is 12.3. The third-order valence-corrected chi connectivity index (χ3v) is 5.59. The fourth-order valence-corrected chi connectivity index (χ4v) is 4.52. The van der Waals surface area contributed by atoms with Crippen molar-refractivity contribution in [3.8, 4) is 0 Å². The van der Waals surface area contributed by atoms with E-state index < -0.39 is 10.0 Å². The fourth-order valence-electron chi connectivity index (χ4n) is 2.28. The van der Waals surface area contributed by atoms with Crippen molar-refractivity contribution in [3.05, 3.63) is 33.8 Å². The molecule has 0 amide bonds. The van der Waals surface area contributed by atoms with Crippen LogP contribution in [0.15, 0.2) is 18.2 Å². The average molecular weight is 374 g/mol. The van der Waals surface area contributed by atoms with Gasteiger partial charge in [0.05, 0.1) is 5.75 Å². The Kier molecular flexibility index (Phi) is 7.24. The van der Waals surface area contributed by atoms with Gasteiger partial charge in [-0.25, -0.2) is 13.1 Å². The van der Waals surface area contributed by atoms with Crippen LogP contribution in [-0.4, -0.2) is 27.5 Å². The summed E-state index contributed by atoms with van der Waals surface area (Å²) in [7, 11) is -3.47. The number of piperidine rings is 1. The van der Waals surface area contributed by atoms with Gasteiger partial charge in [-0.15, -0.1) is 12.4 Å². The van der Waals surface area contributed by atoms with Crippen LogP contribution in [0.1, 0.15) is 18.9 Å². The lowest BCUT2D eigenvalue weighted by atomic mass is 9.96. The molecule has 1 aliphatic rings. The summed E-state index contributed by atoms with van der Waals surface area (Å²) in [6.07, 6.45) is 0.958. The molecule has 2 atom stereocenters. The summed E-state index contributed by atoms with van der Waals surface area (Å²) in [5.41, 5.74) is 0.444. The van der Waals surface area contributed by atoms with E-state index >= 15 is 0 Å². The highest BCUT2D eigenvalue weighted by Crippen LogP contribution is 2.26. The van der Waals surface area contributed by atoms with Gasteiger partial charge in [0.1, 0.15) is 0 Å². The van der Waals surface area contributed by atoms with Crippen LogP contribution in [0, 0.1) is 5.92 Å². The summed E-state index contributed by atoms with van der Waals surface area (Å²) >= 11 is 12.0. The van der Waals surface area contributed by atoms with Crippen LogP contribution in [0.25, 0.3) is 0 Å². The molecule has 21 heavy (non-hydrogen) atoms. The van der Waals surface area contributed by atoms with Crippen LogP contribution < -0.4 is 10.0 Å². The molecule has 4 nitrogen and oxygen atoms in total. The first-order chi connectivity index (χ1) is 9.39. The van der Waals surface area contributed by atoms with E-state index in [1.165, 1.54) is 0 Å². The minimum Gasteiger partial charge on any atom is -0.315 e. The Morgan fingerprint density at radius 1 is 1.33 bits per heavy atom. The van der Waals surface area contributed by atoms with Gasteiger partial charge in [-0.05, 0) is 31.0 Å². The average Bonchev–Trinajstić information content (AvgIpc) is 2.37. The van der Waals surface area contributed by atoms with E-state index in [1.807, 2.05) is 0 Å². The van der Waals surface area contributed by atoms with E-state index in [1.54, 1.807) is 18.2 Å². The van der Waals surface area contributed by atoms with Gasteiger partial charge in [0, 0.05) is 28.2 Å². The highest BCUT2D eigenvalue weighted by Gasteiger charge is 2.26. The minimum atomic E-state index is -3.47. The molecule has 0 spiro atoms. The standard InChI is InChI=1S/C13H18Cl2N2O2S.ClH/c1-9-5-6-16-7-13(9)17-20(18,19)8-10-11(14)3-2-4-12(10)15;/h2-4,9,13,16-17H,5-8H2,1H3;1H. The van der Waals surface area contributed by atoms with Crippen LogP contribution in [0.4, 0.5) is 0 Å². The first-order valence-electron chi connectivity index (χ1n) is 6.52. The lowest BCUT2D eigenvalue weighted by molar-refractivity contribution is 0.327. The molecule has 0 saturated carbocycles. The maximum Gasteiger partial charge on any atom is 0.216 e. The summed E-state index contributed by atoms with van der Waals surface area (Å²) < 4.78 is 27.3. The lowest BCUT2D eigenvalue weighted by Crippen LogP contribution is -2.50. The molecule has 0 aromatic heterocycles. The molecule has 8 heteroatoms. The van der Waals surface area contributed by atoms with E-state index in [9.17, 15) is 8.42 Å². The Morgan fingerprint density at radius 3 is 2.52 bits per heavy atom. The van der Waals surface area contributed by atoms with Crippen molar-refractivity contribution in [3.63, 3.8) is 0 Å². The Labute approximate surface area is 142 Å². The van der Waals surface area contributed by atoms with Crippen molar-refractivity contribution >= 4 is 45.6 Å². The van der Waals surface area contributed by atoms with Gasteiger partial charge in [-0.3, -0.25) is 0 Å². The van der Waals surface area contributed by atoms with Crippen molar-refractivity contribution in [1.29, 1.82) is 0 Å². The fraction of sp³-hybridized carbons (Fsp3) is 0.538. The molecule has 1 heterocycles. The third-order valence-electron chi connectivity index (χ3n) is 3.55. The van der Waals surface area contributed by atoms with Crippen molar-refractivity contribution in [2.24, 2.45) is 5.92 Å². The van der Waals surface area contributed by atoms with E-state index in [-0.39, 0.29) is 24.2 Å². The number of halogens is 3.